The highest BCUT2D eigenvalue weighted by Crippen LogP contribution is 2.43. The third-order valence-corrected chi connectivity index (χ3v) is 13.8. The first-order valence-corrected chi connectivity index (χ1v) is 30.3. The fourth-order valence-electron chi connectivity index (χ4n) is 8.43. The number of hydrogen-bond acceptors (Lipinski definition) is 9. The summed E-state index contributed by atoms with van der Waals surface area (Å²) >= 11 is 0. The van der Waals surface area contributed by atoms with E-state index in [1.807, 2.05) is 0 Å². The molecule has 0 aliphatic carbocycles. The minimum absolute atomic E-state index is 0.128. The number of phosphoric acid groups is 1. The van der Waals surface area contributed by atoms with Crippen molar-refractivity contribution in [2.75, 3.05) is 26.4 Å². The highest BCUT2D eigenvalue weighted by atomic mass is 31.2. The summed E-state index contributed by atoms with van der Waals surface area (Å²) < 4.78 is 32.9. The van der Waals surface area contributed by atoms with Gasteiger partial charge in [-0.15, -0.1) is 0 Å². The molecule has 0 aliphatic rings. The van der Waals surface area contributed by atoms with Crippen molar-refractivity contribution in [2.24, 2.45) is 0 Å². The van der Waals surface area contributed by atoms with Gasteiger partial charge in [0.25, 0.3) is 0 Å². The van der Waals surface area contributed by atoms with Gasteiger partial charge >= 0.3 is 19.8 Å². The van der Waals surface area contributed by atoms with Gasteiger partial charge in [0, 0.05) is 12.8 Å². The average molecular weight is 985 g/mol. The van der Waals surface area contributed by atoms with Crippen molar-refractivity contribution in [1.29, 1.82) is 0 Å². The SMILES string of the molecule is CCCCCCCCCCCCCCCC/C=C/CC/C=C/CCCC(=O)O[C@H](COC(=O)CCCCCCCCCCCCCCCCCCCCCCCC)COP(=O)(O)OC[C@@H](O)CO. The Labute approximate surface area is 419 Å². The first kappa shape index (κ1) is 66.5. The number of allylic oxidation sites excluding steroid dienone is 4. The number of rotatable bonds is 55. The monoisotopic (exact) mass is 985 g/mol. The van der Waals surface area contributed by atoms with Gasteiger partial charge < -0.3 is 24.6 Å². The topological polar surface area (TPSA) is 149 Å². The Bertz CT molecular complexity index is 1180. The van der Waals surface area contributed by atoms with Crippen molar-refractivity contribution < 1.29 is 47.8 Å². The summed E-state index contributed by atoms with van der Waals surface area (Å²) in [6.45, 7) is 2.41. The highest BCUT2D eigenvalue weighted by Gasteiger charge is 2.27. The summed E-state index contributed by atoms with van der Waals surface area (Å²) in [6, 6.07) is 0. The molecule has 0 aromatic rings. The van der Waals surface area contributed by atoms with E-state index in [1.165, 1.54) is 205 Å². The van der Waals surface area contributed by atoms with Crippen LogP contribution in [0.5, 0.6) is 0 Å². The molecule has 68 heavy (non-hydrogen) atoms. The summed E-state index contributed by atoms with van der Waals surface area (Å²) in [5.41, 5.74) is 0. The Morgan fingerprint density at radius 2 is 0.750 bits per heavy atom. The molecule has 3 N–H and O–H groups in total. The van der Waals surface area contributed by atoms with Gasteiger partial charge in [-0.3, -0.25) is 18.6 Å². The molecule has 0 saturated carbocycles. The third-order valence-electron chi connectivity index (χ3n) is 12.8. The number of unbranched alkanes of at least 4 members (excludes halogenated alkanes) is 37. The second kappa shape index (κ2) is 53.3. The summed E-state index contributed by atoms with van der Waals surface area (Å²) in [4.78, 5) is 35.3. The lowest BCUT2D eigenvalue weighted by Gasteiger charge is -2.20. The van der Waals surface area contributed by atoms with E-state index in [2.05, 4.69) is 38.2 Å². The molecular formula is C57H109O10P. The fourth-order valence-corrected chi connectivity index (χ4v) is 9.22. The quantitative estimate of drug-likeness (QED) is 0.0233. The molecule has 402 valence electrons. The van der Waals surface area contributed by atoms with Crippen LogP contribution in [0.1, 0.15) is 290 Å². The molecule has 0 spiro atoms. The number of ether oxygens (including phenoxy) is 2. The molecule has 0 heterocycles. The molecule has 0 radical (unpaired) electrons. The van der Waals surface area contributed by atoms with Gasteiger partial charge in [-0.2, -0.15) is 0 Å². The maximum atomic E-state index is 12.7. The average Bonchev–Trinajstić information content (AvgIpc) is 3.33. The maximum Gasteiger partial charge on any atom is 0.472 e. The minimum Gasteiger partial charge on any atom is -0.462 e. The second-order valence-corrected chi connectivity index (χ2v) is 21.1. The Morgan fingerprint density at radius 1 is 0.426 bits per heavy atom. The molecule has 0 saturated heterocycles. The van der Waals surface area contributed by atoms with Crippen molar-refractivity contribution in [2.45, 2.75) is 302 Å². The van der Waals surface area contributed by atoms with E-state index >= 15 is 0 Å². The van der Waals surface area contributed by atoms with Gasteiger partial charge in [0.15, 0.2) is 6.10 Å². The third kappa shape index (κ3) is 52.3. The maximum absolute atomic E-state index is 12.7. The lowest BCUT2D eigenvalue weighted by molar-refractivity contribution is -0.161. The number of hydrogen-bond donors (Lipinski definition) is 3. The molecule has 0 bridgehead atoms. The molecule has 3 atom stereocenters. The van der Waals surface area contributed by atoms with E-state index in [0.717, 1.165) is 38.5 Å². The number of esters is 2. The van der Waals surface area contributed by atoms with Crippen molar-refractivity contribution in [3.05, 3.63) is 24.3 Å². The zero-order valence-corrected chi connectivity index (χ0v) is 45.2. The number of aliphatic hydroxyl groups is 2. The van der Waals surface area contributed by atoms with Crippen LogP contribution in [0.3, 0.4) is 0 Å². The van der Waals surface area contributed by atoms with Crippen LogP contribution in [-0.4, -0.2) is 65.7 Å². The summed E-state index contributed by atoms with van der Waals surface area (Å²) in [5.74, 6) is -0.957. The van der Waals surface area contributed by atoms with Crippen LogP contribution in [0.15, 0.2) is 24.3 Å². The van der Waals surface area contributed by atoms with Crippen LogP contribution >= 0.6 is 7.82 Å². The molecule has 1 unspecified atom stereocenters. The number of carbonyl (C=O) groups is 2. The van der Waals surface area contributed by atoms with Crippen molar-refractivity contribution >= 4 is 19.8 Å². The first-order valence-electron chi connectivity index (χ1n) is 28.8. The largest absolute Gasteiger partial charge is 0.472 e. The Kier molecular flexibility index (Phi) is 52.0. The lowest BCUT2D eigenvalue weighted by atomic mass is 10.0. The Balaban J connectivity index is 4.13. The highest BCUT2D eigenvalue weighted by molar-refractivity contribution is 7.47. The van der Waals surface area contributed by atoms with Crippen LogP contribution in [0.25, 0.3) is 0 Å². The summed E-state index contributed by atoms with van der Waals surface area (Å²) in [7, 11) is -4.63. The summed E-state index contributed by atoms with van der Waals surface area (Å²) in [5, 5.41) is 18.4. The molecule has 0 aliphatic heterocycles. The molecule has 0 rings (SSSR count). The van der Waals surface area contributed by atoms with Crippen molar-refractivity contribution in [3.63, 3.8) is 0 Å². The lowest BCUT2D eigenvalue weighted by Crippen LogP contribution is -2.29. The molecule has 10 nitrogen and oxygen atoms in total. The van der Waals surface area contributed by atoms with Crippen molar-refractivity contribution in [3.8, 4) is 0 Å². The van der Waals surface area contributed by atoms with Gasteiger partial charge in [-0.25, -0.2) is 4.57 Å². The van der Waals surface area contributed by atoms with Crippen LogP contribution in [-0.2, 0) is 32.7 Å². The van der Waals surface area contributed by atoms with Gasteiger partial charge in [-0.1, -0.05) is 256 Å². The predicted octanol–water partition coefficient (Wildman–Crippen LogP) is 16.9. The van der Waals surface area contributed by atoms with Crippen LogP contribution in [0.2, 0.25) is 0 Å². The van der Waals surface area contributed by atoms with Crippen LogP contribution in [0.4, 0.5) is 0 Å². The van der Waals surface area contributed by atoms with Gasteiger partial charge in [0.1, 0.15) is 12.7 Å². The Morgan fingerprint density at radius 3 is 1.15 bits per heavy atom. The van der Waals surface area contributed by atoms with Gasteiger partial charge in [0.2, 0.25) is 0 Å². The standard InChI is InChI=1S/C57H109O10P/c1-3-5-7-9-11-13-15-17-19-21-23-25-27-29-31-33-35-37-39-41-43-45-47-49-57(61)67-55(53-66-68(62,63)65-51-54(59)50-58)52-64-56(60)48-46-44-42-40-38-36-34-32-30-28-26-24-22-20-18-16-14-12-10-8-6-4-2/h33,35,41,43,54-55,58-59H,3-32,34,36-40,42,44-53H2,1-2H3,(H,62,63)/b35-33+,43-41+/t54-,55+/m0/s1. The molecule has 0 aromatic heterocycles. The first-order chi connectivity index (χ1) is 33.2. The number of carbonyl (C=O) groups excluding carboxylic acids is 2. The van der Waals surface area contributed by atoms with E-state index in [4.69, 9.17) is 23.6 Å². The van der Waals surface area contributed by atoms with Crippen LogP contribution < -0.4 is 0 Å². The van der Waals surface area contributed by atoms with E-state index in [0.29, 0.717) is 19.3 Å². The zero-order valence-electron chi connectivity index (χ0n) is 44.3. The normalized spacial score (nSPS) is 13.7. The number of phosphoric ester groups is 1. The van der Waals surface area contributed by atoms with E-state index in [-0.39, 0.29) is 19.4 Å². The molecule has 0 aromatic carbocycles. The summed E-state index contributed by atoms with van der Waals surface area (Å²) in [6.07, 6.45) is 58.9. The van der Waals surface area contributed by atoms with E-state index in [1.54, 1.807) is 0 Å². The van der Waals surface area contributed by atoms with Gasteiger partial charge in [-0.05, 0) is 44.9 Å². The molecular weight excluding hydrogens is 876 g/mol. The Hall–Kier alpha value is -1.55. The molecule has 0 amide bonds. The van der Waals surface area contributed by atoms with Crippen LogP contribution in [0, 0.1) is 0 Å². The number of aliphatic hydroxyl groups excluding tert-OH is 2. The smallest absolute Gasteiger partial charge is 0.462 e. The van der Waals surface area contributed by atoms with E-state index in [9.17, 15) is 24.2 Å². The molecule has 11 heteroatoms. The predicted molar refractivity (Wildman–Crippen MR) is 284 cm³/mol. The minimum atomic E-state index is -4.63. The second-order valence-electron chi connectivity index (χ2n) is 19.7. The van der Waals surface area contributed by atoms with E-state index < -0.39 is 51.8 Å². The zero-order chi connectivity index (χ0) is 49.7. The molecule has 0 fully saturated rings. The van der Waals surface area contributed by atoms with Crippen molar-refractivity contribution in [1.82, 2.24) is 0 Å². The fraction of sp³-hybridized carbons (Fsp3) is 0.895. The van der Waals surface area contributed by atoms with Gasteiger partial charge in [0.05, 0.1) is 19.8 Å².